The molecule has 25 heavy (non-hydrogen) atoms. The smallest absolute Gasteiger partial charge is 0.240 e. The van der Waals surface area contributed by atoms with Crippen LogP contribution in [0.5, 0.6) is 0 Å². The standard InChI is InChI=1S/C19H29N3O3/c1-14(15-9-7-6-8-10-15)20-16(23)11-12-18(25)22(5)13-17(24)21-19(2,3)4/h6-10,14H,11-13H2,1-5H3,(H,20,23)(H,21,24)/t14-/m0/s1. The lowest BCUT2D eigenvalue weighted by atomic mass is 10.1. The van der Waals surface area contributed by atoms with Gasteiger partial charge in [0.15, 0.2) is 0 Å². The van der Waals surface area contributed by atoms with Crippen molar-refractivity contribution in [2.45, 2.75) is 52.1 Å². The molecule has 1 rings (SSSR count). The number of nitrogens with one attached hydrogen (secondary N) is 2. The Bertz CT molecular complexity index is 594. The second-order valence-electron chi connectivity index (χ2n) is 7.25. The molecule has 1 aromatic rings. The highest BCUT2D eigenvalue weighted by Gasteiger charge is 2.18. The highest BCUT2D eigenvalue weighted by Crippen LogP contribution is 2.11. The third-order valence-corrected chi connectivity index (χ3v) is 3.56. The van der Waals surface area contributed by atoms with Gasteiger partial charge < -0.3 is 15.5 Å². The van der Waals surface area contributed by atoms with Crippen LogP contribution in [0.25, 0.3) is 0 Å². The zero-order valence-electron chi connectivity index (χ0n) is 15.8. The Morgan fingerprint density at radius 1 is 1.04 bits per heavy atom. The van der Waals surface area contributed by atoms with Crippen molar-refractivity contribution in [3.05, 3.63) is 35.9 Å². The van der Waals surface area contributed by atoms with Crippen LogP contribution < -0.4 is 10.6 Å². The van der Waals surface area contributed by atoms with Crippen LogP contribution in [0.1, 0.15) is 52.1 Å². The van der Waals surface area contributed by atoms with Crippen molar-refractivity contribution in [3.63, 3.8) is 0 Å². The molecule has 0 aliphatic rings. The number of likely N-dealkylation sites (N-methyl/N-ethyl adjacent to an activating group) is 1. The van der Waals surface area contributed by atoms with Crippen LogP contribution in [-0.4, -0.2) is 41.8 Å². The summed E-state index contributed by atoms with van der Waals surface area (Å²) in [5.74, 6) is -0.630. The zero-order valence-corrected chi connectivity index (χ0v) is 15.8. The molecule has 0 saturated carbocycles. The van der Waals surface area contributed by atoms with E-state index >= 15 is 0 Å². The largest absolute Gasteiger partial charge is 0.350 e. The lowest BCUT2D eigenvalue weighted by Crippen LogP contribution is -2.46. The van der Waals surface area contributed by atoms with Gasteiger partial charge in [-0.1, -0.05) is 30.3 Å². The number of benzene rings is 1. The number of rotatable bonds is 7. The lowest BCUT2D eigenvalue weighted by molar-refractivity contribution is -0.136. The number of carbonyl (C=O) groups is 3. The predicted octanol–water partition coefficient (Wildman–Crippen LogP) is 2.02. The maximum Gasteiger partial charge on any atom is 0.240 e. The summed E-state index contributed by atoms with van der Waals surface area (Å²) in [5, 5.41) is 5.68. The molecule has 138 valence electrons. The Kier molecular flexibility index (Phi) is 7.61. The average Bonchev–Trinajstić information content (AvgIpc) is 2.51. The van der Waals surface area contributed by atoms with Crippen molar-refractivity contribution < 1.29 is 14.4 Å². The molecule has 6 heteroatoms. The van der Waals surface area contributed by atoms with Crippen molar-refractivity contribution in [1.82, 2.24) is 15.5 Å². The molecule has 0 bridgehead atoms. The van der Waals surface area contributed by atoms with Gasteiger partial charge in [0.2, 0.25) is 17.7 Å². The van der Waals surface area contributed by atoms with Gasteiger partial charge in [-0.25, -0.2) is 0 Å². The van der Waals surface area contributed by atoms with E-state index in [-0.39, 0.29) is 48.7 Å². The molecule has 0 heterocycles. The van der Waals surface area contributed by atoms with E-state index in [1.165, 1.54) is 4.90 Å². The van der Waals surface area contributed by atoms with Crippen LogP contribution in [-0.2, 0) is 14.4 Å². The summed E-state index contributed by atoms with van der Waals surface area (Å²) in [6.45, 7) is 7.52. The number of nitrogens with zero attached hydrogens (tertiary/aromatic N) is 1. The molecule has 6 nitrogen and oxygen atoms in total. The summed E-state index contributed by atoms with van der Waals surface area (Å²) < 4.78 is 0. The minimum absolute atomic E-state index is 0.0157. The Hall–Kier alpha value is -2.37. The summed E-state index contributed by atoms with van der Waals surface area (Å²) in [4.78, 5) is 37.2. The number of amides is 3. The van der Waals surface area contributed by atoms with Gasteiger partial charge in [0.1, 0.15) is 0 Å². The molecule has 0 saturated heterocycles. The van der Waals surface area contributed by atoms with Crippen LogP contribution in [0.3, 0.4) is 0 Å². The quantitative estimate of drug-likeness (QED) is 0.792. The summed E-state index contributed by atoms with van der Waals surface area (Å²) in [5.41, 5.74) is 0.673. The van der Waals surface area contributed by atoms with E-state index in [1.807, 2.05) is 58.0 Å². The topological polar surface area (TPSA) is 78.5 Å². The summed E-state index contributed by atoms with van der Waals surface area (Å²) in [6.07, 6.45) is 0.174. The van der Waals surface area contributed by atoms with Crippen molar-refractivity contribution in [2.24, 2.45) is 0 Å². The number of hydrogen-bond acceptors (Lipinski definition) is 3. The van der Waals surface area contributed by atoms with Crippen molar-refractivity contribution in [3.8, 4) is 0 Å². The SMILES string of the molecule is C[C@H](NC(=O)CCC(=O)N(C)CC(=O)NC(C)(C)C)c1ccccc1. The van der Waals surface area contributed by atoms with Gasteiger partial charge >= 0.3 is 0 Å². The second-order valence-corrected chi connectivity index (χ2v) is 7.25. The van der Waals surface area contributed by atoms with E-state index in [9.17, 15) is 14.4 Å². The summed E-state index contributed by atoms with van der Waals surface area (Å²) in [6, 6.07) is 9.52. The average molecular weight is 347 g/mol. The lowest BCUT2D eigenvalue weighted by Gasteiger charge is -2.23. The Balaban J connectivity index is 2.37. The molecular weight excluding hydrogens is 318 g/mol. The number of hydrogen-bond donors (Lipinski definition) is 2. The normalized spacial score (nSPS) is 12.2. The molecule has 0 spiro atoms. The van der Waals surface area contributed by atoms with Crippen LogP contribution in [0.4, 0.5) is 0 Å². The van der Waals surface area contributed by atoms with Gasteiger partial charge in [-0.2, -0.15) is 0 Å². The van der Waals surface area contributed by atoms with Crippen molar-refractivity contribution >= 4 is 17.7 Å². The summed E-state index contributed by atoms with van der Waals surface area (Å²) >= 11 is 0. The van der Waals surface area contributed by atoms with Crippen LogP contribution in [0.15, 0.2) is 30.3 Å². The first-order valence-electron chi connectivity index (χ1n) is 8.48. The monoisotopic (exact) mass is 347 g/mol. The highest BCUT2D eigenvalue weighted by atomic mass is 16.2. The van der Waals surface area contributed by atoms with E-state index in [2.05, 4.69) is 10.6 Å². The third-order valence-electron chi connectivity index (χ3n) is 3.56. The molecule has 3 amide bonds. The first kappa shape index (κ1) is 20.7. The van der Waals surface area contributed by atoms with Gasteiger partial charge in [-0.05, 0) is 33.3 Å². The first-order chi connectivity index (χ1) is 11.6. The molecule has 0 aliphatic heterocycles. The van der Waals surface area contributed by atoms with Crippen molar-refractivity contribution in [1.29, 1.82) is 0 Å². The third kappa shape index (κ3) is 8.33. The molecule has 2 N–H and O–H groups in total. The van der Waals surface area contributed by atoms with E-state index in [0.29, 0.717) is 0 Å². The predicted molar refractivity (Wildman–Crippen MR) is 97.8 cm³/mol. The molecular formula is C19H29N3O3. The van der Waals surface area contributed by atoms with Gasteiger partial charge in [0.25, 0.3) is 0 Å². The van der Waals surface area contributed by atoms with E-state index in [0.717, 1.165) is 5.56 Å². The minimum atomic E-state index is -0.339. The minimum Gasteiger partial charge on any atom is -0.350 e. The van der Waals surface area contributed by atoms with Gasteiger partial charge in [0.05, 0.1) is 12.6 Å². The van der Waals surface area contributed by atoms with Crippen LogP contribution in [0.2, 0.25) is 0 Å². The fourth-order valence-electron chi connectivity index (χ4n) is 2.31. The van der Waals surface area contributed by atoms with Crippen LogP contribution in [0, 0.1) is 0 Å². The molecule has 0 aromatic heterocycles. The molecule has 1 atom stereocenters. The maximum absolute atomic E-state index is 12.1. The second kappa shape index (κ2) is 9.20. The fraction of sp³-hybridized carbons (Fsp3) is 0.526. The van der Waals surface area contributed by atoms with E-state index in [4.69, 9.17) is 0 Å². The maximum atomic E-state index is 12.1. The Labute approximate surface area is 150 Å². The Morgan fingerprint density at radius 2 is 1.64 bits per heavy atom. The van der Waals surface area contributed by atoms with E-state index < -0.39 is 0 Å². The van der Waals surface area contributed by atoms with Crippen molar-refractivity contribution in [2.75, 3.05) is 13.6 Å². The Morgan fingerprint density at radius 3 is 2.20 bits per heavy atom. The van der Waals surface area contributed by atoms with Gasteiger partial charge in [-0.3, -0.25) is 14.4 Å². The van der Waals surface area contributed by atoms with Gasteiger partial charge in [-0.15, -0.1) is 0 Å². The van der Waals surface area contributed by atoms with Crippen LogP contribution >= 0.6 is 0 Å². The molecule has 0 fully saturated rings. The molecule has 0 aliphatic carbocycles. The molecule has 0 radical (unpaired) electrons. The van der Waals surface area contributed by atoms with Gasteiger partial charge in [0, 0.05) is 25.4 Å². The number of carbonyl (C=O) groups excluding carboxylic acids is 3. The highest BCUT2D eigenvalue weighted by molar-refractivity contribution is 5.87. The first-order valence-corrected chi connectivity index (χ1v) is 8.48. The van der Waals surface area contributed by atoms with E-state index in [1.54, 1.807) is 7.05 Å². The molecule has 0 unspecified atom stereocenters. The molecule has 1 aromatic carbocycles. The summed E-state index contributed by atoms with van der Waals surface area (Å²) in [7, 11) is 1.56. The fourth-order valence-corrected chi connectivity index (χ4v) is 2.31. The zero-order chi connectivity index (χ0) is 19.0.